The van der Waals surface area contributed by atoms with Gasteiger partial charge in [-0.3, -0.25) is 4.79 Å². The molecule has 0 N–H and O–H groups in total. The lowest BCUT2D eigenvalue weighted by atomic mass is 9.88. The standard InChI is InChI=1S/C11H16N2O2/c1-7(2)9-5-13(6-9)11(14)10-4-12-15-8(10)3/h4,7,9H,5-6H2,1-3H3. The van der Waals surface area contributed by atoms with E-state index in [1.165, 1.54) is 6.20 Å². The maximum Gasteiger partial charge on any atom is 0.259 e. The molecule has 2 rings (SSSR count). The Balaban J connectivity index is 1.98. The van der Waals surface area contributed by atoms with E-state index in [2.05, 4.69) is 19.0 Å². The summed E-state index contributed by atoms with van der Waals surface area (Å²) < 4.78 is 4.88. The highest BCUT2D eigenvalue weighted by molar-refractivity contribution is 5.95. The molecule has 4 nitrogen and oxygen atoms in total. The van der Waals surface area contributed by atoms with Gasteiger partial charge in [0.15, 0.2) is 0 Å². The minimum Gasteiger partial charge on any atom is -0.361 e. The summed E-state index contributed by atoms with van der Waals surface area (Å²) in [6, 6.07) is 0. The molecule has 0 atom stereocenters. The van der Waals surface area contributed by atoms with E-state index in [9.17, 15) is 4.79 Å². The minimum absolute atomic E-state index is 0.0469. The fraction of sp³-hybridized carbons (Fsp3) is 0.636. The predicted molar refractivity (Wildman–Crippen MR) is 55.5 cm³/mol. The van der Waals surface area contributed by atoms with Crippen molar-refractivity contribution in [2.24, 2.45) is 11.8 Å². The molecule has 4 heteroatoms. The first kappa shape index (κ1) is 10.2. The molecule has 0 spiro atoms. The molecule has 15 heavy (non-hydrogen) atoms. The van der Waals surface area contributed by atoms with Gasteiger partial charge in [0, 0.05) is 13.1 Å². The average molecular weight is 208 g/mol. The van der Waals surface area contributed by atoms with Gasteiger partial charge in [-0.15, -0.1) is 0 Å². The first-order valence-corrected chi connectivity index (χ1v) is 5.30. The predicted octanol–water partition coefficient (Wildman–Crippen LogP) is 1.71. The molecule has 1 aromatic rings. The zero-order valence-corrected chi connectivity index (χ0v) is 9.36. The van der Waals surface area contributed by atoms with E-state index < -0.39 is 0 Å². The van der Waals surface area contributed by atoms with E-state index in [1.54, 1.807) is 6.92 Å². The summed E-state index contributed by atoms with van der Waals surface area (Å²) in [5.74, 6) is 1.95. The van der Waals surface area contributed by atoms with Crippen LogP contribution in [-0.2, 0) is 0 Å². The highest BCUT2D eigenvalue weighted by Crippen LogP contribution is 2.25. The van der Waals surface area contributed by atoms with Gasteiger partial charge in [0.1, 0.15) is 11.3 Å². The van der Waals surface area contributed by atoms with E-state index >= 15 is 0 Å². The Morgan fingerprint density at radius 1 is 1.60 bits per heavy atom. The van der Waals surface area contributed by atoms with Crippen molar-refractivity contribution >= 4 is 5.91 Å². The summed E-state index contributed by atoms with van der Waals surface area (Å²) >= 11 is 0. The maximum absolute atomic E-state index is 11.9. The Labute approximate surface area is 89.2 Å². The van der Waals surface area contributed by atoms with Gasteiger partial charge in [-0.1, -0.05) is 19.0 Å². The second kappa shape index (κ2) is 3.68. The zero-order valence-electron chi connectivity index (χ0n) is 9.36. The Morgan fingerprint density at radius 3 is 2.73 bits per heavy atom. The number of likely N-dealkylation sites (tertiary alicyclic amines) is 1. The van der Waals surface area contributed by atoms with Gasteiger partial charge in [-0.05, 0) is 18.8 Å². The van der Waals surface area contributed by atoms with Gasteiger partial charge in [-0.25, -0.2) is 0 Å². The number of amides is 1. The minimum atomic E-state index is 0.0469. The van der Waals surface area contributed by atoms with Crippen LogP contribution in [0.4, 0.5) is 0 Å². The van der Waals surface area contributed by atoms with E-state index in [0.29, 0.717) is 23.2 Å². The zero-order chi connectivity index (χ0) is 11.0. The molecule has 1 fully saturated rings. The average Bonchev–Trinajstić information content (AvgIpc) is 2.47. The molecule has 0 saturated carbocycles. The summed E-state index contributed by atoms with van der Waals surface area (Å²) in [4.78, 5) is 13.8. The van der Waals surface area contributed by atoms with Crippen LogP contribution >= 0.6 is 0 Å². The summed E-state index contributed by atoms with van der Waals surface area (Å²) in [6.07, 6.45) is 1.50. The number of hydrogen-bond acceptors (Lipinski definition) is 3. The first-order chi connectivity index (χ1) is 7.09. The van der Waals surface area contributed by atoms with Crippen molar-refractivity contribution in [3.8, 4) is 0 Å². The largest absolute Gasteiger partial charge is 0.361 e. The van der Waals surface area contributed by atoms with E-state index in [4.69, 9.17) is 4.52 Å². The van der Waals surface area contributed by atoms with E-state index in [0.717, 1.165) is 13.1 Å². The highest BCUT2D eigenvalue weighted by atomic mass is 16.5. The number of nitrogens with zero attached hydrogens (tertiary/aromatic N) is 2. The van der Waals surface area contributed by atoms with Crippen molar-refractivity contribution in [1.29, 1.82) is 0 Å². The van der Waals surface area contributed by atoms with Gasteiger partial charge < -0.3 is 9.42 Å². The highest BCUT2D eigenvalue weighted by Gasteiger charge is 2.34. The monoisotopic (exact) mass is 208 g/mol. The Hall–Kier alpha value is -1.32. The Morgan fingerprint density at radius 2 is 2.27 bits per heavy atom. The van der Waals surface area contributed by atoms with Crippen LogP contribution in [0.25, 0.3) is 0 Å². The number of rotatable bonds is 2. The van der Waals surface area contributed by atoms with Crippen LogP contribution in [0.5, 0.6) is 0 Å². The van der Waals surface area contributed by atoms with Gasteiger partial charge >= 0.3 is 0 Å². The van der Waals surface area contributed by atoms with E-state index in [-0.39, 0.29) is 5.91 Å². The molecule has 1 aromatic heterocycles. The molecule has 0 aromatic carbocycles. The quantitative estimate of drug-likeness (QED) is 0.743. The molecule has 1 amide bonds. The Kier molecular flexibility index (Phi) is 2.50. The fourth-order valence-corrected chi connectivity index (χ4v) is 1.77. The lowest BCUT2D eigenvalue weighted by molar-refractivity contribution is 0.0406. The number of carbonyl (C=O) groups excluding carboxylic acids is 1. The molecule has 0 bridgehead atoms. The molecule has 2 heterocycles. The van der Waals surface area contributed by atoms with Crippen molar-refractivity contribution in [3.63, 3.8) is 0 Å². The molecular weight excluding hydrogens is 192 g/mol. The van der Waals surface area contributed by atoms with Crippen LogP contribution in [0, 0.1) is 18.8 Å². The van der Waals surface area contributed by atoms with Crippen LogP contribution in [0.15, 0.2) is 10.7 Å². The third kappa shape index (κ3) is 1.76. The smallest absolute Gasteiger partial charge is 0.259 e. The van der Waals surface area contributed by atoms with Gasteiger partial charge in [0.25, 0.3) is 5.91 Å². The number of hydrogen-bond donors (Lipinski definition) is 0. The van der Waals surface area contributed by atoms with Crippen molar-refractivity contribution in [2.75, 3.05) is 13.1 Å². The lowest BCUT2D eigenvalue weighted by Crippen LogP contribution is -2.51. The lowest BCUT2D eigenvalue weighted by Gasteiger charge is -2.41. The second-order valence-electron chi connectivity index (χ2n) is 4.51. The van der Waals surface area contributed by atoms with Crippen LogP contribution in [0.3, 0.4) is 0 Å². The molecule has 82 valence electrons. The van der Waals surface area contributed by atoms with Crippen LogP contribution in [-0.4, -0.2) is 29.1 Å². The molecular formula is C11H16N2O2. The van der Waals surface area contributed by atoms with Crippen LogP contribution in [0.1, 0.15) is 30.0 Å². The molecule has 0 aliphatic carbocycles. The van der Waals surface area contributed by atoms with Gasteiger partial charge in [0.05, 0.1) is 6.20 Å². The van der Waals surface area contributed by atoms with Crippen molar-refractivity contribution in [3.05, 3.63) is 17.5 Å². The fourth-order valence-electron chi connectivity index (χ4n) is 1.77. The van der Waals surface area contributed by atoms with Gasteiger partial charge in [0.2, 0.25) is 0 Å². The third-order valence-corrected chi connectivity index (χ3v) is 3.12. The first-order valence-electron chi connectivity index (χ1n) is 5.30. The summed E-state index contributed by atoms with van der Waals surface area (Å²) in [6.45, 7) is 7.87. The Bertz CT molecular complexity index is 364. The molecule has 1 saturated heterocycles. The molecule has 1 aliphatic rings. The van der Waals surface area contributed by atoms with Crippen molar-refractivity contribution in [2.45, 2.75) is 20.8 Å². The maximum atomic E-state index is 11.9. The van der Waals surface area contributed by atoms with Crippen molar-refractivity contribution < 1.29 is 9.32 Å². The topological polar surface area (TPSA) is 46.3 Å². The summed E-state index contributed by atoms with van der Waals surface area (Å²) in [5.41, 5.74) is 0.595. The normalized spacial score (nSPS) is 16.9. The van der Waals surface area contributed by atoms with E-state index in [1.807, 2.05) is 4.90 Å². The SMILES string of the molecule is Cc1oncc1C(=O)N1CC(C(C)C)C1. The molecule has 1 aliphatic heterocycles. The van der Waals surface area contributed by atoms with Crippen LogP contribution in [0.2, 0.25) is 0 Å². The summed E-state index contributed by atoms with van der Waals surface area (Å²) in [5, 5.41) is 3.62. The van der Waals surface area contributed by atoms with Crippen LogP contribution < -0.4 is 0 Å². The number of aryl methyl sites for hydroxylation is 1. The van der Waals surface area contributed by atoms with Crippen molar-refractivity contribution in [1.82, 2.24) is 10.1 Å². The molecule has 0 radical (unpaired) electrons. The molecule has 0 unspecified atom stereocenters. The number of aromatic nitrogens is 1. The summed E-state index contributed by atoms with van der Waals surface area (Å²) in [7, 11) is 0. The third-order valence-electron chi connectivity index (χ3n) is 3.12. The number of carbonyl (C=O) groups is 1. The second-order valence-corrected chi connectivity index (χ2v) is 4.51. The van der Waals surface area contributed by atoms with Gasteiger partial charge in [-0.2, -0.15) is 0 Å².